The van der Waals surface area contributed by atoms with E-state index in [0.717, 1.165) is 26.7 Å². The molecular weight excluding hydrogens is 531 g/mol. The summed E-state index contributed by atoms with van der Waals surface area (Å²) in [5.41, 5.74) is 0.144. The lowest BCUT2D eigenvalue weighted by Gasteiger charge is -2.16. The lowest BCUT2D eigenvalue weighted by atomic mass is 10.2. The van der Waals surface area contributed by atoms with Gasteiger partial charge in [0.25, 0.3) is 0 Å². The number of anilines is 2. The van der Waals surface area contributed by atoms with Crippen molar-refractivity contribution in [2.45, 2.75) is 19.5 Å². The molecule has 0 spiro atoms. The molecule has 0 unspecified atom stereocenters. The average Bonchev–Trinajstić information content (AvgIpc) is 3.48. The lowest BCUT2D eigenvalue weighted by Crippen LogP contribution is -2.43. The number of ether oxygens (including phenoxy) is 1. The number of hydrogen-bond donors (Lipinski definition) is 2. The highest BCUT2D eigenvalue weighted by molar-refractivity contribution is 6.34. The smallest absolute Gasteiger partial charge is 0.406 e. The molecule has 5 rings (SSSR count). The molecule has 196 valence electrons. The maximum atomic E-state index is 13.5. The molecule has 38 heavy (non-hydrogen) atoms. The molecule has 0 atom stereocenters. The van der Waals surface area contributed by atoms with E-state index in [0.29, 0.717) is 22.5 Å². The second-order valence-corrected chi connectivity index (χ2v) is 8.55. The molecule has 0 fully saturated rings. The largest absolute Gasteiger partial charge is 0.573 e. The van der Waals surface area contributed by atoms with Gasteiger partial charge < -0.3 is 10.1 Å². The van der Waals surface area contributed by atoms with Gasteiger partial charge in [0.1, 0.15) is 11.4 Å². The third-order valence-electron chi connectivity index (χ3n) is 5.39. The average molecular weight is 548 g/mol. The van der Waals surface area contributed by atoms with Crippen LogP contribution in [-0.2, 0) is 20.1 Å². The Morgan fingerprint density at radius 2 is 1.87 bits per heavy atom. The second kappa shape index (κ2) is 9.66. The van der Waals surface area contributed by atoms with Gasteiger partial charge in [0, 0.05) is 18.6 Å². The highest BCUT2D eigenvalue weighted by Gasteiger charge is 2.31. The summed E-state index contributed by atoms with van der Waals surface area (Å²) in [7, 11) is 1.75. The predicted octanol–water partition coefficient (Wildman–Crippen LogP) is 2.80. The van der Waals surface area contributed by atoms with Crippen molar-refractivity contribution in [2.24, 2.45) is 7.05 Å². The Morgan fingerprint density at radius 3 is 2.55 bits per heavy atom. The Bertz CT molecular complexity index is 1730. The van der Waals surface area contributed by atoms with Crippen molar-refractivity contribution >= 4 is 34.1 Å². The molecule has 5 aromatic rings. The Labute approximate surface area is 215 Å². The maximum absolute atomic E-state index is 13.5. The molecule has 0 radical (unpaired) electrons. The number of benzene rings is 2. The molecule has 0 saturated carbocycles. The number of fused-ring (bicyclic) bond motifs is 1. The number of nitrogens with zero attached hydrogens (tertiary/aromatic N) is 7. The zero-order valence-electron chi connectivity index (χ0n) is 19.4. The van der Waals surface area contributed by atoms with Crippen LogP contribution in [0.25, 0.3) is 10.9 Å². The Kier molecular flexibility index (Phi) is 6.36. The molecule has 0 aliphatic rings. The SMILES string of the molecule is Cn1cc2cc(Nc3nc(=O)n(Cc4cn[nH]n4)c(=O)n3Cc3ccc(OC(F)(F)F)cc3)c(Cl)cc2n1. The fraction of sp³-hybridized carbons (Fsp3) is 0.182. The molecule has 0 aliphatic carbocycles. The molecular formula is C22H17ClF3N9O3. The summed E-state index contributed by atoms with van der Waals surface area (Å²) < 4.78 is 45.1. The van der Waals surface area contributed by atoms with Crippen LogP contribution in [0.5, 0.6) is 5.75 Å². The normalized spacial score (nSPS) is 11.7. The van der Waals surface area contributed by atoms with E-state index in [9.17, 15) is 22.8 Å². The number of aryl methyl sites for hydroxylation is 1. The van der Waals surface area contributed by atoms with Crippen LogP contribution in [0.15, 0.2) is 58.4 Å². The van der Waals surface area contributed by atoms with Gasteiger partial charge in [0.15, 0.2) is 0 Å². The number of H-pyrrole nitrogens is 1. The van der Waals surface area contributed by atoms with Crippen molar-refractivity contribution in [3.8, 4) is 5.75 Å². The molecule has 16 heteroatoms. The molecule has 0 bridgehead atoms. The first-order chi connectivity index (χ1) is 18.1. The maximum Gasteiger partial charge on any atom is 0.573 e. The zero-order chi connectivity index (χ0) is 27.0. The highest BCUT2D eigenvalue weighted by atomic mass is 35.5. The van der Waals surface area contributed by atoms with E-state index in [1.165, 1.54) is 18.3 Å². The van der Waals surface area contributed by atoms with Crippen molar-refractivity contribution in [3.05, 3.63) is 86.0 Å². The second-order valence-electron chi connectivity index (χ2n) is 8.14. The zero-order valence-corrected chi connectivity index (χ0v) is 20.2. The number of nitrogens with one attached hydrogen (secondary N) is 2. The van der Waals surface area contributed by atoms with E-state index in [1.807, 2.05) is 0 Å². The molecule has 0 amide bonds. The minimum atomic E-state index is -4.84. The van der Waals surface area contributed by atoms with E-state index in [1.54, 1.807) is 30.1 Å². The van der Waals surface area contributed by atoms with Gasteiger partial charge >= 0.3 is 17.7 Å². The van der Waals surface area contributed by atoms with E-state index < -0.39 is 23.5 Å². The fourth-order valence-corrected chi connectivity index (χ4v) is 3.94. The van der Waals surface area contributed by atoms with Gasteiger partial charge in [-0.05, 0) is 29.8 Å². The predicted molar refractivity (Wildman–Crippen MR) is 129 cm³/mol. The van der Waals surface area contributed by atoms with Crippen molar-refractivity contribution in [3.63, 3.8) is 0 Å². The van der Waals surface area contributed by atoms with Crippen LogP contribution in [0.1, 0.15) is 11.3 Å². The van der Waals surface area contributed by atoms with E-state index in [2.05, 4.69) is 35.5 Å². The minimum Gasteiger partial charge on any atom is -0.406 e. The van der Waals surface area contributed by atoms with Gasteiger partial charge in [0.05, 0.1) is 35.5 Å². The quantitative estimate of drug-likeness (QED) is 0.317. The number of hydrogen-bond acceptors (Lipinski definition) is 8. The monoisotopic (exact) mass is 547 g/mol. The molecule has 2 aromatic carbocycles. The molecule has 12 nitrogen and oxygen atoms in total. The number of alkyl halides is 3. The van der Waals surface area contributed by atoms with Crippen molar-refractivity contribution < 1.29 is 17.9 Å². The number of rotatable bonds is 7. The van der Waals surface area contributed by atoms with Crippen molar-refractivity contribution in [1.29, 1.82) is 0 Å². The van der Waals surface area contributed by atoms with Crippen LogP contribution in [0.2, 0.25) is 5.02 Å². The summed E-state index contributed by atoms with van der Waals surface area (Å²) in [6, 6.07) is 8.26. The fourth-order valence-electron chi connectivity index (χ4n) is 3.73. The summed E-state index contributed by atoms with van der Waals surface area (Å²) in [5, 5.41) is 18.2. The summed E-state index contributed by atoms with van der Waals surface area (Å²) in [6.07, 6.45) is -1.73. The van der Waals surface area contributed by atoms with Crippen LogP contribution in [0.4, 0.5) is 24.8 Å². The van der Waals surface area contributed by atoms with Gasteiger partial charge in [-0.2, -0.15) is 25.5 Å². The standard InChI is InChI=1S/C22H17ClF3N9O3/c1-33-10-13-6-18(16(23)7-17(13)31-33)28-19-29-20(36)35(11-14-8-27-32-30-14)21(37)34(19)9-12-2-4-15(5-3-12)38-22(24,25)26/h2-8,10H,9,11H2,1H3,(H,27,30,32)(H,28,29,36). The molecule has 3 heterocycles. The van der Waals surface area contributed by atoms with Gasteiger partial charge in [0.2, 0.25) is 5.95 Å². The minimum absolute atomic E-state index is 0.128. The first-order valence-corrected chi connectivity index (χ1v) is 11.2. The first kappa shape index (κ1) is 25.0. The summed E-state index contributed by atoms with van der Waals surface area (Å²) >= 11 is 6.42. The van der Waals surface area contributed by atoms with Crippen molar-refractivity contribution in [1.82, 2.24) is 39.3 Å². The van der Waals surface area contributed by atoms with Gasteiger partial charge in [-0.25, -0.2) is 14.2 Å². The summed E-state index contributed by atoms with van der Waals surface area (Å²) in [4.78, 5) is 30.3. The van der Waals surface area contributed by atoms with Crippen LogP contribution >= 0.6 is 11.6 Å². The van der Waals surface area contributed by atoms with E-state index >= 15 is 0 Å². The van der Waals surface area contributed by atoms with E-state index in [-0.39, 0.29) is 24.1 Å². The van der Waals surface area contributed by atoms with Crippen molar-refractivity contribution in [2.75, 3.05) is 5.32 Å². The number of aromatic amines is 1. The van der Waals surface area contributed by atoms with Gasteiger partial charge in [-0.15, -0.1) is 13.2 Å². The van der Waals surface area contributed by atoms with Crippen LogP contribution < -0.4 is 21.4 Å². The molecule has 3 aromatic heterocycles. The molecule has 0 saturated heterocycles. The molecule has 2 N–H and O–H groups in total. The molecule has 0 aliphatic heterocycles. The highest BCUT2D eigenvalue weighted by Crippen LogP contribution is 2.29. The van der Waals surface area contributed by atoms with E-state index in [4.69, 9.17) is 11.6 Å². The number of halogens is 4. The Hall–Kier alpha value is -4.66. The first-order valence-electron chi connectivity index (χ1n) is 10.9. The van der Waals surface area contributed by atoms with Crippen LogP contribution in [-0.4, -0.2) is 45.7 Å². The topological polar surface area (TPSA) is 138 Å². The number of aromatic nitrogens is 8. The Morgan fingerprint density at radius 1 is 1.11 bits per heavy atom. The van der Waals surface area contributed by atoms with Crippen LogP contribution in [0, 0.1) is 0 Å². The third-order valence-corrected chi connectivity index (χ3v) is 5.70. The lowest BCUT2D eigenvalue weighted by molar-refractivity contribution is -0.274. The van der Waals surface area contributed by atoms with Gasteiger partial charge in [-0.3, -0.25) is 9.25 Å². The van der Waals surface area contributed by atoms with Crippen LogP contribution in [0.3, 0.4) is 0 Å². The summed E-state index contributed by atoms with van der Waals surface area (Å²) in [6.45, 7) is -0.353. The third kappa shape index (κ3) is 5.36. The van der Waals surface area contributed by atoms with Gasteiger partial charge in [-0.1, -0.05) is 23.7 Å². The Balaban J connectivity index is 1.56. The summed E-state index contributed by atoms with van der Waals surface area (Å²) in [5.74, 6) is -0.546.